The Morgan fingerprint density at radius 3 is 2.53 bits per heavy atom. The van der Waals surface area contributed by atoms with Crippen LogP contribution in [0.4, 0.5) is 0 Å². The molecule has 0 aliphatic carbocycles. The molecule has 0 aliphatic heterocycles. The second-order valence-corrected chi connectivity index (χ2v) is 5.77. The number of carboxylic acids is 1. The second-order valence-electron chi connectivity index (χ2n) is 4.99. The Morgan fingerprint density at radius 2 is 2.12 bits per heavy atom. The second kappa shape index (κ2) is 5.31. The number of carbonyl (C=O) groups is 2. The van der Waals surface area contributed by atoms with Crippen molar-refractivity contribution in [3.63, 3.8) is 0 Å². The standard InChI is InChI=1S/C12H17NO3S/c1-12(2,3)9(11(15)16)10(14)13-6-8-4-5-17-7-8/h4-5,7,9H,6H2,1-3H3,(H,13,14)(H,15,16). The maximum absolute atomic E-state index is 11.8. The summed E-state index contributed by atoms with van der Waals surface area (Å²) in [5.41, 5.74) is 0.395. The van der Waals surface area contributed by atoms with Gasteiger partial charge in [0.2, 0.25) is 5.91 Å². The fourth-order valence-corrected chi connectivity index (χ4v) is 2.23. The average Bonchev–Trinajstić information content (AvgIpc) is 2.63. The van der Waals surface area contributed by atoms with Gasteiger partial charge < -0.3 is 10.4 Å². The predicted octanol–water partition coefficient (Wildman–Crippen LogP) is 2.11. The molecule has 1 rings (SSSR count). The van der Waals surface area contributed by atoms with E-state index in [-0.39, 0.29) is 0 Å². The van der Waals surface area contributed by atoms with E-state index in [0.29, 0.717) is 6.54 Å². The van der Waals surface area contributed by atoms with Gasteiger partial charge in [0, 0.05) is 6.54 Å². The van der Waals surface area contributed by atoms with Gasteiger partial charge in [0.1, 0.15) is 5.92 Å². The van der Waals surface area contributed by atoms with Gasteiger partial charge in [-0.3, -0.25) is 9.59 Å². The van der Waals surface area contributed by atoms with Crippen molar-refractivity contribution in [2.24, 2.45) is 11.3 Å². The van der Waals surface area contributed by atoms with E-state index in [4.69, 9.17) is 5.11 Å². The zero-order chi connectivity index (χ0) is 13.1. The number of carbonyl (C=O) groups excluding carboxylic acids is 1. The van der Waals surface area contributed by atoms with Gasteiger partial charge in [0.15, 0.2) is 0 Å². The van der Waals surface area contributed by atoms with Gasteiger partial charge in [-0.15, -0.1) is 0 Å². The quantitative estimate of drug-likeness (QED) is 0.810. The van der Waals surface area contributed by atoms with Crippen LogP contribution in [0.3, 0.4) is 0 Å². The van der Waals surface area contributed by atoms with Crippen LogP contribution >= 0.6 is 11.3 Å². The molecule has 0 radical (unpaired) electrons. The van der Waals surface area contributed by atoms with Crippen LogP contribution in [0.5, 0.6) is 0 Å². The van der Waals surface area contributed by atoms with Crippen molar-refractivity contribution in [2.75, 3.05) is 0 Å². The minimum Gasteiger partial charge on any atom is -0.481 e. The molecular formula is C12H17NO3S. The summed E-state index contributed by atoms with van der Waals surface area (Å²) in [5, 5.41) is 15.6. The van der Waals surface area contributed by atoms with E-state index < -0.39 is 23.2 Å². The summed E-state index contributed by atoms with van der Waals surface area (Å²) < 4.78 is 0. The molecule has 0 aliphatic rings. The van der Waals surface area contributed by atoms with Crippen LogP contribution < -0.4 is 5.32 Å². The molecule has 5 heteroatoms. The maximum atomic E-state index is 11.8. The first-order chi connectivity index (χ1) is 7.82. The SMILES string of the molecule is CC(C)(C)C(C(=O)O)C(=O)NCc1ccsc1. The van der Waals surface area contributed by atoms with Crippen LogP contribution in [0.15, 0.2) is 16.8 Å². The Bertz CT molecular complexity index is 392. The maximum Gasteiger partial charge on any atom is 0.316 e. The zero-order valence-electron chi connectivity index (χ0n) is 10.2. The van der Waals surface area contributed by atoms with E-state index >= 15 is 0 Å². The first-order valence-corrected chi connectivity index (χ1v) is 6.28. The molecule has 0 spiro atoms. The highest BCUT2D eigenvalue weighted by Gasteiger charge is 2.37. The number of carboxylic acid groups (broad SMARTS) is 1. The monoisotopic (exact) mass is 255 g/mol. The lowest BCUT2D eigenvalue weighted by atomic mass is 9.80. The summed E-state index contributed by atoms with van der Waals surface area (Å²) in [7, 11) is 0. The first kappa shape index (κ1) is 13.7. The van der Waals surface area contributed by atoms with Crippen LogP contribution in [0.25, 0.3) is 0 Å². The molecule has 0 aromatic carbocycles. The molecule has 2 N–H and O–H groups in total. The fraction of sp³-hybridized carbons (Fsp3) is 0.500. The largest absolute Gasteiger partial charge is 0.481 e. The molecule has 1 aromatic rings. The van der Waals surface area contributed by atoms with Crippen LogP contribution in [-0.4, -0.2) is 17.0 Å². The zero-order valence-corrected chi connectivity index (χ0v) is 11.0. The molecule has 4 nitrogen and oxygen atoms in total. The molecule has 1 atom stereocenters. The molecular weight excluding hydrogens is 238 g/mol. The van der Waals surface area contributed by atoms with E-state index in [1.165, 1.54) is 0 Å². The smallest absolute Gasteiger partial charge is 0.316 e. The summed E-state index contributed by atoms with van der Waals surface area (Å²) in [6, 6.07) is 1.90. The molecule has 0 fully saturated rings. The lowest BCUT2D eigenvalue weighted by molar-refractivity contribution is -0.151. The third-order valence-electron chi connectivity index (χ3n) is 2.42. The summed E-state index contributed by atoms with van der Waals surface area (Å²) in [6.45, 7) is 5.62. The van der Waals surface area contributed by atoms with Crippen molar-refractivity contribution in [1.82, 2.24) is 5.32 Å². The topological polar surface area (TPSA) is 66.4 Å². The van der Waals surface area contributed by atoms with Crippen molar-refractivity contribution >= 4 is 23.2 Å². The van der Waals surface area contributed by atoms with Gasteiger partial charge in [-0.1, -0.05) is 20.8 Å². The van der Waals surface area contributed by atoms with Crippen LogP contribution in [0.2, 0.25) is 0 Å². The Hall–Kier alpha value is -1.36. The van der Waals surface area contributed by atoms with Crippen LogP contribution in [0.1, 0.15) is 26.3 Å². The summed E-state index contributed by atoms with van der Waals surface area (Å²) in [4.78, 5) is 22.9. The van der Waals surface area contributed by atoms with Gasteiger partial charge in [-0.25, -0.2) is 0 Å². The first-order valence-electron chi connectivity index (χ1n) is 5.34. The Kier molecular flexibility index (Phi) is 4.28. The number of hydrogen-bond acceptors (Lipinski definition) is 3. The normalized spacial score (nSPS) is 13.1. The number of aliphatic carboxylic acids is 1. The number of rotatable bonds is 4. The van der Waals surface area contributed by atoms with Crippen molar-refractivity contribution in [1.29, 1.82) is 0 Å². The number of thiophene rings is 1. The van der Waals surface area contributed by atoms with Gasteiger partial charge in [0.25, 0.3) is 0 Å². The Labute approximate surface area is 105 Å². The van der Waals surface area contributed by atoms with Crippen LogP contribution in [0, 0.1) is 11.3 Å². The van der Waals surface area contributed by atoms with Gasteiger partial charge in [-0.05, 0) is 27.8 Å². The fourth-order valence-electron chi connectivity index (χ4n) is 1.56. The van der Waals surface area contributed by atoms with E-state index in [2.05, 4.69) is 5.32 Å². The van der Waals surface area contributed by atoms with Crippen LogP contribution in [-0.2, 0) is 16.1 Å². The summed E-state index contributed by atoms with van der Waals surface area (Å²) >= 11 is 1.54. The lowest BCUT2D eigenvalue weighted by Crippen LogP contribution is -2.42. The molecule has 1 unspecified atom stereocenters. The predicted molar refractivity (Wildman–Crippen MR) is 66.7 cm³/mol. The third kappa shape index (κ3) is 3.85. The van der Waals surface area contributed by atoms with Gasteiger partial charge >= 0.3 is 5.97 Å². The number of amides is 1. The molecule has 94 valence electrons. The molecule has 0 bridgehead atoms. The van der Waals surface area contributed by atoms with Gasteiger partial charge in [0.05, 0.1) is 0 Å². The highest BCUT2D eigenvalue weighted by Crippen LogP contribution is 2.26. The highest BCUT2D eigenvalue weighted by molar-refractivity contribution is 7.07. The minimum atomic E-state index is -1.08. The van der Waals surface area contributed by atoms with Crippen molar-refractivity contribution in [3.8, 4) is 0 Å². The van der Waals surface area contributed by atoms with E-state index in [9.17, 15) is 9.59 Å². The average molecular weight is 255 g/mol. The summed E-state index contributed by atoms with van der Waals surface area (Å²) in [5.74, 6) is -2.54. The molecule has 17 heavy (non-hydrogen) atoms. The number of hydrogen-bond donors (Lipinski definition) is 2. The molecule has 1 aromatic heterocycles. The van der Waals surface area contributed by atoms with Crippen molar-refractivity contribution in [3.05, 3.63) is 22.4 Å². The minimum absolute atomic E-state index is 0.377. The molecule has 1 amide bonds. The summed E-state index contributed by atoms with van der Waals surface area (Å²) in [6.07, 6.45) is 0. The van der Waals surface area contributed by atoms with Gasteiger partial charge in [-0.2, -0.15) is 11.3 Å². The van der Waals surface area contributed by atoms with Crippen molar-refractivity contribution < 1.29 is 14.7 Å². The van der Waals surface area contributed by atoms with E-state index in [1.807, 2.05) is 16.8 Å². The molecule has 0 saturated carbocycles. The van der Waals surface area contributed by atoms with E-state index in [0.717, 1.165) is 5.56 Å². The number of nitrogens with one attached hydrogen (secondary N) is 1. The van der Waals surface area contributed by atoms with E-state index in [1.54, 1.807) is 32.1 Å². The van der Waals surface area contributed by atoms with Crippen molar-refractivity contribution in [2.45, 2.75) is 27.3 Å². The Balaban J connectivity index is 2.64. The Morgan fingerprint density at radius 1 is 1.47 bits per heavy atom. The molecule has 1 heterocycles. The lowest BCUT2D eigenvalue weighted by Gasteiger charge is -2.25. The third-order valence-corrected chi connectivity index (χ3v) is 3.15. The molecule has 0 saturated heterocycles. The highest BCUT2D eigenvalue weighted by atomic mass is 32.1.